The van der Waals surface area contributed by atoms with Crippen LogP contribution in [0.15, 0.2) is 48.8 Å². The molecule has 5 heteroatoms. The number of H-pyrrole nitrogens is 1. The van der Waals surface area contributed by atoms with Crippen molar-refractivity contribution in [3.05, 3.63) is 70.4 Å². The molecule has 0 saturated carbocycles. The van der Waals surface area contributed by atoms with E-state index in [2.05, 4.69) is 15.0 Å². The van der Waals surface area contributed by atoms with Crippen molar-refractivity contribution in [1.82, 2.24) is 15.0 Å². The van der Waals surface area contributed by atoms with Crippen LogP contribution in [0.4, 0.5) is 0 Å². The minimum atomic E-state index is 0.641. The fourth-order valence-electron chi connectivity index (χ4n) is 1.97. The molecule has 3 rings (SSSR count). The summed E-state index contributed by atoms with van der Waals surface area (Å²) in [6, 6.07) is 11.2. The number of nitrogens with one attached hydrogen (secondary N) is 1. The van der Waals surface area contributed by atoms with E-state index < -0.39 is 0 Å². The highest BCUT2D eigenvalue weighted by Crippen LogP contribution is 2.29. The minimum Gasteiger partial charge on any atom is -0.342 e. The molecule has 1 aromatic carbocycles. The van der Waals surface area contributed by atoms with Crippen molar-refractivity contribution in [3.8, 4) is 11.3 Å². The van der Waals surface area contributed by atoms with Crippen LogP contribution in [0.1, 0.15) is 11.5 Å². The van der Waals surface area contributed by atoms with E-state index >= 15 is 0 Å². The second kappa shape index (κ2) is 5.65. The van der Waals surface area contributed by atoms with Gasteiger partial charge in [0.2, 0.25) is 0 Å². The third-order valence-corrected chi connectivity index (χ3v) is 3.49. The maximum Gasteiger partial charge on any atom is 0.112 e. The van der Waals surface area contributed by atoms with Crippen LogP contribution < -0.4 is 0 Å². The fraction of sp³-hybridized carbons (Fsp3) is 0.0667. The molecule has 100 valence electrons. The SMILES string of the molecule is Clc1ccc(Cl)c(-c2cnc(Cc3ccccn3)[nH]2)c1. The van der Waals surface area contributed by atoms with Crippen molar-refractivity contribution in [1.29, 1.82) is 0 Å². The van der Waals surface area contributed by atoms with E-state index in [1.165, 1.54) is 0 Å². The number of aromatic amines is 1. The smallest absolute Gasteiger partial charge is 0.112 e. The average molecular weight is 304 g/mol. The van der Waals surface area contributed by atoms with Gasteiger partial charge < -0.3 is 4.98 Å². The topological polar surface area (TPSA) is 41.6 Å². The van der Waals surface area contributed by atoms with E-state index in [4.69, 9.17) is 23.2 Å². The maximum atomic E-state index is 6.18. The molecule has 0 aliphatic rings. The molecule has 0 spiro atoms. The number of hydrogen-bond acceptors (Lipinski definition) is 2. The van der Waals surface area contributed by atoms with Gasteiger partial charge >= 0.3 is 0 Å². The van der Waals surface area contributed by atoms with E-state index in [0.29, 0.717) is 16.5 Å². The standard InChI is InChI=1S/C15H11Cl2N3/c16-10-4-5-13(17)12(7-10)14-9-19-15(20-14)8-11-3-1-2-6-18-11/h1-7,9H,8H2,(H,19,20). The lowest BCUT2D eigenvalue weighted by molar-refractivity contribution is 0.977. The van der Waals surface area contributed by atoms with Crippen molar-refractivity contribution < 1.29 is 0 Å². The first-order valence-corrected chi connectivity index (χ1v) is 6.87. The molecule has 20 heavy (non-hydrogen) atoms. The van der Waals surface area contributed by atoms with Crippen molar-refractivity contribution in [3.63, 3.8) is 0 Å². The van der Waals surface area contributed by atoms with Crippen LogP contribution in [-0.4, -0.2) is 15.0 Å². The van der Waals surface area contributed by atoms with Gasteiger partial charge in [-0.3, -0.25) is 4.98 Å². The first-order valence-electron chi connectivity index (χ1n) is 6.11. The molecule has 0 aliphatic carbocycles. The number of benzene rings is 1. The third kappa shape index (κ3) is 2.84. The van der Waals surface area contributed by atoms with Crippen molar-refractivity contribution in [2.45, 2.75) is 6.42 Å². The van der Waals surface area contributed by atoms with Gasteiger partial charge in [-0.1, -0.05) is 29.3 Å². The molecule has 2 aromatic heterocycles. The Hall–Kier alpha value is -1.84. The summed E-state index contributed by atoms with van der Waals surface area (Å²) in [4.78, 5) is 11.9. The Balaban J connectivity index is 1.88. The summed E-state index contributed by atoms with van der Waals surface area (Å²) in [5.74, 6) is 0.842. The molecule has 0 unspecified atom stereocenters. The molecule has 0 radical (unpaired) electrons. The number of imidazole rings is 1. The summed E-state index contributed by atoms with van der Waals surface area (Å²) >= 11 is 12.2. The Morgan fingerprint density at radius 1 is 1.05 bits per heavy atom. The van der Waals surface area contributed by atoms with E-state index in [1.54, 1.807) is 24.5 Å². The van der Waals surface area contributed by atoms with Gasteiger partial charge in [0.05, 0.1) is 16.9 Å². The highest BCUT2D eigenvalue weighted by Gasteiger charge is 2.08. The van der Waals surface area contributed by atoms with Gasteiger partial charge in [0.25, 0.3) is 0 Å². The summed E-state index contributed by atoms with van der Waals surface area (Å²) in [6.45, 7) is 0. The Labute approximate surface area is 126 Å². The van der Waals surface area contributed by atoms with Crippen LogP contribution in [0.2, 0.25) is 10.0 Å². The predicted octanol–water partition coefficient (Wildman–Crippen LogP) is 4.37. The summed E-state index contributed by atoms with van der Waals surface area (Å²) < 4.78 is 0. The van der Waals surface area contributed by atoms with Crippen LogP contribution in [0, 0.1) is 0 Å². The molecule has 0 atom stereocenters. The molecule has 3 aromatic rings. The van der Waals surface area contributed by atoms with Crippen LogP contribution >= 0.6 is 23.2 Å². The van der Waals surface area contributed by atoms with Crippen molar-refractivity contribution in [2.75, 3.05) is 0 Å². The first-order chi connectivity index (χ1) is 9.72. The lowest BCUT2D eigenvalue weighted by atomic mass is 10.2. The van der Waals surface area contributed by atoms with E-state index in [1.807, 2.05) is 24.3 Å². The Morgan fingerprint density at radius 3 is 2.75 bits per heavy atom. The second-order valence-corrected chi connectivity index (χ2v) is 5.21. The number of nitrogens with zero attached hydrogens (tertiary/aromatic N) is 2. The highest BCUT2D eigenvalue weighted by molar-refractivity contribution is 6.35. The Kier molecular flexibility index (Phi) is 3.72. The van der Waals surface area contributed by atoms with Crippen LogP contribution in [0.3, 0.4) is 0 Å². The monoisotopic (exact) mass is 303 g/mol. The first kappa shape index (κ1) is 13.2. The van der Waals surface area contributed by atoms with Gasteiger partial charge in [0.1, 0.15) is 5.82 Å². The highest BCUT2D eigenvalue weighted by atomic mass is 35.5. The fourth-order valence-corrected chi connectivity index (χ4v) is 2.36. The molecule has 0 amide bonds. The van der Waals surface area contributed by atoms with E-state index in [9.17, 15) is 0 Å². The molecule has 3 nitrogen and oxygen atoms in total. The van der Waals surface area contributed by atoms with E-state index in [-0.39, 0.29) is 0 Å². The number of aromatic nitrogens is 3. The normalized spacial score (nSPS) is 10.7. The number of halogens is 2. The number of hydrogen-bond donors (Lipinski definition) is 1. The quantitative estimate of drug-likeness (QED) is 0.780. The Morgan fingerprint density at radius 2 is 1.95 bits per heavy atom. The minimum absolute atomic E-state index is 0.641. The second-order valence-electron chi connectivity index (χ2n) is 4.37. The van der Waals surface area contributed by atoms with Crippen LogP contribution in [0.25, 0.3) is 11.3 Å². The molecular formula is C15H11Cl2N3. The van der Waals surface area contributed by atoms with Gasteiger partial charge in [0.15, 0.2) is 0 Å². The molecule has 0 bridgehead atoms. The average Bonchev–Trinajstić information content (AvgIpc) is 2.91. The van der Waals surface area contributed by atoms with Crippen molar-refractivity contribution in [2.24, 2.45) is 0 Å². The zero-order valence-electron chi connectivity index (χ0n) is 10.5. The molecular weight excluding hydrogens is 293 g/mol. The summed E-state index contributed by atoms with van der Waals surface area (Å²) in [7, 11) is 0. The molecule has 0 fully saturated rings. The van der Waals surface area contributed by atoms with Crippen LogP contribution in [-0.2, 0) is 6.42 Å². The summed E-state index contributed by atoms with van der Waals surface area (Å²) in [6.07, 6.45) is 4.18. The molecule has 0 saturated heterocycles. The largest absolute Gasteiger partial charge is 0.342 e. The third-order valence-electron chi connectivity index (χ3n) is 2.92. The van der Waals surface area contributed by atoms with Crippen LogP contribution in [0.5, 0.6) is 0 Å². The lowest BCUT2D eigenvalue weighted by Crippen LogP contribution is -1.93. The zero-order valence-corrected chi connectivity index (χ0v) is 12.0. The van der Waals surface area contributed by atoms with E-state index in [0.717, 1.165) is 22.8 Å². The van der Waals surface area contributed by atoms with Crippen molar-refractivity contribution >= 4 is 23.2 Å². The van der Waals surface area contributed by atoms with Gasteiger partial charge in [-0.15, -0.1) is 0 Å². The Bertz CT molecular complexity index is 723. The lowest BCUT2D eigenvalue weighted by Gasteiger charge is -2.02. The number of rotatable bonds is 3. The van der Waals surface area contributed by atoms with Gasteiger partial charge in [-0.25, -0.2) is 4.98 Å². The van der Waals surface area contributed by atoms with Gasteiger partial charge in [-0.05, 0) is 30.3 Å². The van der Waals surface area contributed by atoms with Gasteiger partial charge in [-0.2, -0.15) is 0 Å². The number of pyridine rings is 1. The predicted molar refractivity (Wildman–Crippen MR) is 81.1 cm³/mol. The maximum absolute atomic E-state index is 6.18. The zero-order chi connectivity index (χ0) is 13.9. The molecule has 2 heterocycles. The molecule has 0 aliphatic heterocycles. The summed E-state index contributed by atoms with van der Waals surface area (Å²) in [5.41, 5.74) is 2.66. The van der Waals surface area contributed by atoms with Gasteiger partial charge in [0, 0.05) is 28.9 Å². The molecule has 1 N–H and O–H groups in total. The summed E-state index contributed by atoms with van der Waals surface area (Å²) in [5, 5.41) is 1.28.